The summed E-state index contributed by atoms with van der Waals surface area (Å²) in [6, 6.07) is 1.05. The van der Waals surface area contributed by atoms with Crippen molar-refractivity contribution in [3.63, 3.8) is 0 Å². The second kappa shape index (κ2) is 4.48. The van der Waals surface area contributed by atoms with Crippen LogP contribution in [-0.2, 0) is 4.74 Å². The maximum Gasteiger partial charge on any atom is 0.410 e. The smallest absolute Gasteiger partial charge is 0.410 e. The Morgan fingerprint density at radius 2 is 1.88 bits per heavy atom. The maximum atomic E-state index is 12.0. The summed E-state index contributed by atoms with van der Waals surface area (Å²) in [5, 5.41) is 0. The van der Waals surface area contributed by atoms with Gasteiger partial charge in [-0.05, 0) is 40.5 Å². The molecule has 2 fully saturated rings. The molecule has 0 radical (unpaired) electrons. The average molecular weight is 240 g/mol. The molecule has 2 rings (SSSR count). The molecule has 0 spiro atoms. The molecule has 0 N–H and O–H groups in total. The van der Waals surface area contributed by atoms with Crippen molar-refractivity contribution in [3.8, 4) is 0 Å². The summed E-state index contributed by atoms with van der Waals surface area (Å²) >= 11 is 0. The Kier molecular flexibility index (Phi) is 3.34. The zero-order valence-corrected chi connectivity index (χ0v) is 11.4. The fourth-order valence-corrected chi connectivity index (χ4v) is 2.35. The van der Waals surface area contributed by atoms with E-state index in [0.29, 0.717) is 0 Å². The summed E-state index contributed by atoms with van der Waals surface area (Å²) < 4.78 is 5.43. The quantitative estimate of drug-likeness (QED) is 0.703. The number of ether oxygens (including phenoxy) is 1. The summed E-state index contributed by atoms with van der Waals surface area (Å²) in [6.07, 6.45) is 2.50. The number of nitrogens with zero attached hydrogens (tertiary/aromatic N) is 2. The number of carbonyl (C=O) groups is 1. The van der Waals surface area contributed by atoms with Crippen LogP contribution in [0, 0.1) is 0 Å². The first-order chi connectivity index (χ1) is 7.87. The molecule has 1 heterocycles. The molecule has 0 bridgehead atoms. The van der Waals surface area contributed by atoms with Crippen molar-refractivity contribution in [1.82, 2.24) is 9.80 Å². The van der Waals surface area contributed by atoms with Crippen LogP contribution in [0.15, 0.2) is 0 Å². The number of hydrogen-bond donors (Lipinski definition) is 0. The van der Waals surface area contributed by atoms with Crippen LogP contribution in [0.3, 0.4) is 0 Å². The molecule has 0 aromatic carbocycles. The first-order valence-electron chi connectivity index (χ1n) is 6.60. The minimum absolute atomic E-state index is 0.166. The molecule has 17 heavy (non-hydrogen) atoms. The van der Waals surface area contributed by atoms with E-state index in [9.17, 15) is 4.79 Å². The van der Waals surface area contributed by atoms with Crippen LogP contribution in [-0.4, -0.2) is 53.2 Å². The van der Waals surface area contributed by atoms with Crippen molar-refractivity contribution in [3.05, 3.63) is 0 Å². The number of amides is 1. The Labute approximate surface area is 104 Å². The SMILES string of the molecule is C[C@H]1CN(C2CC2)CCN1C(=O)OC(C)(C)C. The highest BCUT2D eigenvalue weighted by Crippen LogP contribution is 2.29. The molecule has 2 aliphatic rings. The van der Waals surface area contributed by atoms with Crippen molar-refractivity contribution in [2.75, 3.05) is 19.6 Å². The van der Waals surface area contributed by atoms with Gasteiger partial charge >= 0.3 is 6.09 Å². The highest BCUT2D eigenvalue weighted by molar-refractivity contribution is 5.68. The van der Waals surface area contributed by atoms with Gasteiger partial charge in [0.15, 0.2) is 0 Å². The lowest BCUT2D eigenvalue weighted by Crippen LogP contribution is -2.55. The van der Waals surface area contributed by atoms with Crippen molar-refractivity contribution in [2.24, 2.45) is 0 Å². The van der Waals surface area contributed by atoms with Crippen LogP contribution in [0.4, 0.5) is 4.79 Å². The third kappa shape index (κ3) is 3.35. The van der Waals surface area contributed by atoms with Gasteiger partial charge in [0.25, 0.3) is 0 Å². The van der Waals surface area contributed by atoms with Gasteiger partial charge < -0.3 is 9.64 Å². The van der Waals surface area contributed by atoms with E-state index in [0.717, 1.165) is 25.7 Å². The fraction of sp³-hybridized carbons (Fsp3) is 0.923. The summed E-state index contributed by atoms with van der Waals surface area (Å²) in [5.74, 6) is 0. The van der Waals surface area contributed by atoms with Gasteiger partial charge in [-0.1, -0.05) is 0 Å². The molecule has 0 aromatic rings. The second-order valence-electron chi connectivity index (χ2n) is 6.25. The van der Waals surface area contributed by atoms with E-state index in [-0.39, 0.29) is 12.1 Å². The topological polar surface area (TPSA) is 32.8 Å². The van der Waals surface area contributed by atoms with E-state index in [1.165, 1.54) is 12.8 Å². The zero-order chi connectivity index (χ0) is 12.6. The standard InChI is InChI=1S/C13H24N2O2/c1-10-9-14(11-5-6-11)7-8-15(10)12(16)17-13(2,3)4/h10-11H,5-9H2,1-4H3/t10-/m0/s1. The molecule has 4 nitrogen and oxygen atoms in total. The molecular formula is C13H24N2O2. The van der Waals surface area contributed by atoms with E-state index in [1.54, 1.807) is 0 Å². The lowest BCUT2D eigenvalue weighted by Gasteiger charge is -2.40. The van der Waals surface area contributed by atoms with Gasteiger partial charge in [-0.3, -0.25) is 4.90 Å². The van der Waals surface area contributed by atoms with Gasteiger partial charge in [-0.15, -0.1) is 0 Å². The summed E-state index contributed by atoms with van der Waals surface area (Å²) in [6.45, 7) is 10.6. The summed E-state index contributed by atoms with van der Waals surface area (Å²) in [5.41, 5.74) is -0.398. The molecule has 0 unspecified atom stereocenters. The first kappa shape index (κ1) is 12.7. The molecule has 98 valence electrons. The monoisotopic (exact) mass is 240 g/mol. The van der Waals surface area contributed by atoms with Gasteiger partial charge in [-0.25, -0.2) is 4.79 Å². The first-order valence-corrected chi connectivity index (χ1v) is 6.60. The van der Waals surface area contributed by atoms with Crippen LogP contribution >= 0.6 is 0 Å². The largest absolute Gasteiger partial charge is 0.444 e. The normalized spacial score (nSPS) is 27.1. The number of hydrogen-bond acceptors (Lipinski definition) is 3. The molecule has 1 aliphatic heterocycles. The molecule has 0 aromatic heterocycles. The number of piperazine rings is 1. The Bertz CT molecular complexity index is 294. The highest BCUT2D eigenvalue weighted by Gasteiger charge is 2.36. The van der Waals surface area contributed by atoms with Crippen LogP contribution in [0.5, 0.6) is 0 Å². The fourth-order valence-electron chi connectivity index (χ4n) is 2.35. The van der Waals surface area contributed by atoms with Crippen LogP contribution < -0.4 is 0 Å². The zero-order valence-electron chi connectivity index (χ0n) is 11.4. The molecule has 1 saturated heterocycles. The molecule has 1 aliphatic carbocycles. The van der Waals surface area contributed by atoms with Crippen LogP contribution in [0.1, 0.15) is 40.5 Å². The minimum atomic E-state index is -0.398. The predicted molar refractivity (Wildman–Crippen MR) is 67.0 cm³/mol. The van der Waals surface area contributed by atoms with E-state index in [4.69, 9.17) is 4.74 Å². The van der Waals surface area contributed by atoms with E-state index in [2.05, 4.69) is 11.8 Å². The predicted octanol–water partition coefficient (Wildman–Crippen LogP) is 2.09. The number of rotatable bonds is 1. The number of carbonyl (C=O) groups excluding carboxylic acids is 1. The maximum absolute atomic E-state index is 12.0. The van der Waals surface area contributed by atoms with Gasteiger partial charge in [0.1, 0.15) is 5.60 Å². The van der Waals surface area contributed by atoms with Crippen molar-refractivity contribution in [2.45, 2.75) is 58.2 Å². The van der Waals surface area contributed by atoms with E-state index < -0.39 is 5.60 Å². The Balaban J connectivity index is 1.87. The Hall–Kier alpha value is -0.770. The summed E-state index contributed by atoms with van der Waals surface area (Å²) in [7, 11) is 0. The van der Waals surface area contributed by atoms with Crippen molar-refractivity contribution in [1.29, 1.82) is 0 Å². The molecule has 1 atom stereocenters. The molecule has 4 heteroatoms. The van der Waals surface area contributed by atoms with Gasteiger partial charge in [0, 0.05) is 31.7 Å². The van der Waals surface area contributed by atoms with E-state index in [1.807, 2.05) is 25.7 Å². The van der Waals surface area contributed by atoms with E-state index >= 15 is 0 Å². The lowest BCUT2D eigenvalue weighted by atomic mass is 10.2. The third-order valence-corrected chi connectivity index (χ3v) is 3.35. The van der Waals surface area contributed by atoms with Crippen LogP contribution in [0.2, 0.25) is 0 Å². The molecule has 1 amide bonds. The third-order valence-electron chi connectivity index (χ3n) is 3.35. The average Bonchev–Trinajstić information content (AvgIpc) is 2.97. The van der Waals surface area contributed by atoms with Gasteiger partial charge in [0.2, 0.25) is 0 Å². The molecular weight excluding hydrogens is 216 g/mol. The molecule has 1 saturated carbocycles. The minimum Gasteiger partial charge on any atom is -0.444 e. The summed E-state index contributed by atoms with van der Waals surface area (Å²) in [4.78, 5) is 16.4. The highest BCUT2D eigenvalue weighted by atomic mass is 16.6. The Morgan fingerprint density at radius 1 is 1.24 bits per heavy atom. The van der Waals surface area contributed by atoms with Gasteiger partial charge in [0.05, 0.1) is 0 Å². The Morgan fingerprint density at radius 3 is 2.35 bits per heavy atom. The van der Waals surface area contributed by atoms with Crippen LogP contribution in [0.25, 0.3) is 0 Å². The second-order valence-corrected chi connectivity index (χ2v) is 6.25. The van der Waals surface area contributed by atoms with Gasteiger partial charge in [-0.2, -0.15) is 0 Å². The lowest BCUT2D eigenvalue weighted by molar-refractivity contribution is 0.000459. The van der Waals surface area contributed by atoms with Crippen molar-refractivity contribution < 1.29 is 9.53 Å². The van der Waals surface area contributed by atoms with Crippen molar-refractivity contribution >= 4 is 6.09 Å².